The molecule has 1 aliphatic rings. The quantitative estimate of drug-likeness (QED) is 0.685. The Morgan fingerprint density at radius 1 is 0.893 bits per heavy atom. The maximum atomic E-state index is 13.9. The molecule has 0 saturated heterocycles. The molecule has 0 saturated carbocycles. The van der Waals surface area contributed by atoms with Crippen molar-refractivity contribution in [1.29, 1.82) is 0 Å². The molecule has 28 heavy (non-hydrogen) atoms. The Hall–Kier alpha value is -3.12. The molecular weight excluding hydrogens is 367 g/mol. The molecule has 0 radical (unpaired) electrons. The summed E-state index contributed by atoms with van der Waals surface area (Å²) in [4.78, 5) is 11.7. The molecule has 142 valence electrons. The van der Waals surface area contributed by atoms with E-state index in [0.717, 1.165) is 0 Å². The van der Waals surface area contributed by atoms with Gasteiger partial charge in [0.15, 0.2) is 0 Å². The van der Waals surface area contributed by atoms with Crippen molar-refractivity contribution in [2.45, 2.75) is 11.8 Å². The van der Waals surface area contributed by atoms with E-state index in [-0.39, 0.29) is 17.0 Å². The number of nitrogens with one attached hydrogen (secondary N) is 1. The summed E-state index contributed by atoms with van der Waals surface area (Å²) in [5.41, 5.74) is -1.05. The number of alkyl halides is 3. The predicted molar refractivity (Wildman–Crippen MR) is 99.8 cm³/mol. The van der Waals surface area contributed by atoms with Crippen LogP contribution in [0.2, 0.25) is 0 Å². The monoisotopic (exact) mass is 383 g/mol. The Kier molecular flexibility index (Phi) is 4.05. The Bertz CT molecular complexity index is 1070. The van der Waals surface area contributed by atoms with Crippen LogP contribution in [0.5, 0.6) is 0 Å². The maximum absolute atomic E-state index is 13.9. The fourth-order valence-electron chi connectivity index (χ4n) is 3.70. The van der Waals surface area contributed by atoms with Crippen LogP contribution in [0.4, 0.5) is 13.2 Å². The summed E-state index contributed by atoms with van der Waals surface area (Å²) in [6, 6.07) is 17.2. The number of fused-ring (bicyclic) bond motifs is 3. The van der Waals surface area contributed by atoms with Crippen LogP contribution in [0.1, 0.15) is 21.5 Å². The van der Waals surface area contributed by atoms with Crippen molar-refractivity contribution in [2.75, 3.05) is 7.05 Å². The van der Waals surface area contributed by atoms with E-state index in [1.807, 2.05) is 0 Å². The van der Waals surface area contributed by atoms with Gasteiger partial charge in [0, 0.05) is 23.7 Å². The van der Waals surface area contributed by atoms with Crippen LogP contribution < -0.4 is 5.32 Å². The van der Waals surface area contributed by atoms with Gasteiger partial charge in [-0.15, -0.1) is 0 Å². The lowest BCUT2D eigenvalue weighted by Gasteiger charge is -2.28. The second kappa shape index (κ2) is 6.21. The number of halogens is 3. The molecule has 4 rings (SSSR count). The first-order valence-corrected chi connectivity index (χ1v) is 8.63. The second-order valence-electron chi connectivity index (χ2n) is 6.67. The lowest BCUT2D eigenvalue weighted by molar-refractivity contribution is -0.246. The molecule has 1 unspecified atom stereocenters. The number of carbonyl (C=O) groups excluding carboxylic acids is 1. The van der Waals surface area contributed by atoms with E-state index in [4.69, 9.17) is 0 Å². The van der Waals surface area contributed by atoms with Crippen LogP contribution in [-0.2, 0) is 5.60 Å². The summed E-state index contributed by atoms with van der Waals surface area (Å²) in [6.45, 7) is 0. The van der Waals surface area contributed by atoms with Crippen LogP contribution in [0.15, 0.2) is 66.7 Å². The van der Waals surface area contributed by atoms with E-state index >= 15 is 0 Å². The first-order chi connectivity index (χ1) is 13.3. The standard InChI is InChI=1S/C22H16F3NO2/c1-26-20(27)14-8-6-13(7-9-14)15-10-11-17-16-4-2-3-5-18(16)21(28,19(17)12-15)22(23,24)25/h2-12,28H,1H3,(H,26,27). The van der Waals surface area contributed by atoms with E-state index in [2.05, 4.69) is 5.32 Å². The third kappa shape index (κ3) is 2.52. The van der Waals surface area contributed by atoms with Gasteiger partial charge in [0.2, 0.25) is 5.60 Å². The van der Waals surface area contributed by atoms with E-state index in [1.165, 1.54) is 25.2 Å². The van der Waals surface area contributed by atoms with Crippen LogP contribution >= 0.6 is 0 Å². The summed E-state index contributed by atoms with van der Waals surface area (Å²) in [5.74, 6) is -0.248. The summed E-state index contributed by atoms with van der Waals surface area (Å²) in [7, 11) is 1.52. The van der Waals surface area contributed by atoms with Gasteiger partial charge in [0.05, 0.1) is 0 Å². The molecule has 0 aliphatic heterocycles. The Morgan fingerprint density at radius 3 is 2.14 bits per heavy atom. The third-order valence-corrected chi connectivity index (χ3v) is 5.13. The topological polar surface area (TPSA) is 49.3 Å². The predicted octanol–water partition coefficient (Wildman–Crippen LogP) is 4.49. The average molecular weight is 383 g/mol. The molecule has 1 aliphatic carbocycles. The van der Waals surface area contributed by atoms with Gasteiger partial charge < -0.3 is 10.4 Å². The fraction of sp³-hybridized carbons (Fsp3) is 0.136. The molecular formula is C22H16F3NO2. The highest BCUT2D eigenvalue weighted by Gasteiger charge is 2.60. The van der Waals surface area contributed by atoms with Gasteiger partial charge in [-0.05, 0) is 40.5 Å². The van der Waals surface area contributed by atoms with Gasteiger partial charge >= 0.3 is 6.18 Å². The molecule has 3 nitrogen and oxygen atoms in total. The van der Waals surface area contributed by atoms with Crippen molar-refractivity contribution in [1.82, 2.24) is 5.32 Å². The van der Waals surface area contributed by atoms with Gasteiger partial charge in [-0.2, -0.15) is 13.2 Å². The average Bonchev–Trinajstić information content (AvgIpc) is 2.97. The number of carbonyl (C=O) groups is 1. The van der Waals surface area contributed by atoms with Gasteiger partial charge in [-0.1, -0.05) is 48.5 Å². The zero-order chi connectivity index (χ0) is 20.1. The van der Waals surface area contributed by atoms with Gasteiger partial charge in [0.1, 0.15) is 0 Å². The van der Waals surface area contributed by atoms with Crippen molar-refractivity contribution >= 4 is 5.91 Å². The minimum atomic E-state index is -4.87. The molecule has 3 aromatic carbocycles. The lowest BCUT2D eigenvalue weighted by Crippen LogP contribution is -2.41. The molecule has 1 atom stereocenters. The zero-order valence-corrected chi connectivity index (χ0v) is 14.8. The molecule has 0 bridgehead atoms. The second-order valence-corrected chi connectivity index (χ2v) is 6.67. The zero-order valence-electron chi connectivity index (χ0n) is 14.8. The minimum Gasteiger partial charge on any atom is -0.372 e. The van der Waals surface area contributed by atoms with Crippen LogP contribution in [0, 0.1) is 0 Å². The summed E-state index contributed by atoms with van der Waals surface area (Å²) in [6.07, 6.45) is -4.87. The van der Waals surface area contributed by atoms with E-state index < -0.39 is 11.8 Å². The Balaban J connectivity index is 1.86. The molecule has 6 heteroatoms. The van der Waals surface area contributed by atoms with E-state index in [0.29, 0.717) is 27.8 Å². The number of rotatable bonds is 2. The molecule has 0 heterocycles. The van der Waals surface area contributed by atoms with Crippen LogP contribution in [0.3, 0.4) is 0 Å². The van der Waals surface area contributed by atoms with E-state index in [1.54, 1.807) is 48.5 Å². The van der Waals surface area contributed by atoms with E-state index in [9.17, 15) is 23.1 Å². The highest BCUT2D eigenvalue weighted by atomic mass is 19.4. The molecule has 2 N–H and O–H groups in total. The number of hydrogen-bond acceptors (Lipinski definition) is 2. The van der Waals surface area contributed by atoms with Crippen molar-refractivity contribution in [3.05, 3.63) is 83.4 Å². The van der Waals surface area contributed by atoms with Gasteiger partial charge in [-0.3, -0.25) is 4.79 Å². The Labute approximate surface area is 159 Å². The Morgan fingerprint density at radius 2 is 1.50 bits per heavy atom. The lowest BCUT2D eigenvalue weighted by atomic mass is 9.89. The number of aliphatic hydroxyl groups is 1. The first-order valence-electron chi connectivity index (χ1n) is 8.63. The number of hydrogen-bond donors (Lipinski definition) is 2. The maximum Gasteiger partial charge on any atom is 0.425 e. The van der Waals surface area contributed by atoms with Gasteiger partial charge in [-0.25, -0.2) is 0 Å². The first kappa shape index (κ1) is 18.3. The fourth-order valence-corrected chi connectivity index (χ4v) is 3.70. The minimum absolute atomic E-state index is 0.162. The van der Waals surface area contributed by atoms with Crippen molar-refractivity contribution in [2.24, 2.45) is 0 Å². The smallest absolute Gasteiger partial charge is 0.372 e. The highest BCUT2D eigenvalue weighted by molar-refractivity contribution is 5.94. The highest BCUT2D eigenvalue weighted by Crippen LogP contribution is 2.55. The normalized spacial score (nSPS) is 17.8. The molecule has 0 spiro atoms. The van der Waals surface area contributed by atoms with Gasteiger partial charge in [0.25, 0.3) is 5.91 Å². The third-order valence-electron chi connectivity index (χ3n) is 5.13. The molecule has 0 fully saturated rings. The van der Waals surface area contributed by atoms with Crippen LogP contribution in [0.25, 0.3) is 22.3 Å². The van der Waals surface area contributed by atoms with Crippen molar-refractivity contribution in [3.8, 4) is 22.3 Å². The van der Waals surface area contributed by atoms with Crippen LogP contribution in [-0.4, -0.2) is 24.2 Å². The molecule has 0 aromatic heterocycles. The largest absolute Gasteiger partial charge is 0.425 e. The summed E-state index contributed by atoms with van der Waals surface area (Å²) >= 11 is 0. The summed E-state index contributed by atoms with van der Waals surface area (Å²) < 4.78 is 41.8. The number of benzene rings is 3. The molecule has 3 aromatic rings. The molecule has 1 amide bonds. The van der Waals surface area contributed by atoms with Crippen molar-refractivity contribution < 1.29 is 23.1 Å². The number of amides is 1. The summed E-state index contributed by atoms with van der Waals surface area (Å²) in [5, 5.41) is 13.3. The SMILES string of the molecule is CNC(=O)c1ccc(-c2ccc3c(c2)C(O)(C(F)(F)F)c2ccccc2-3)cc1. The van der Waals surface area contributed by atoms with Crippen molar-refractivity contribution in [3.63, 3.8) is 0 Å².